The van der Waals surface area contributed by atoms with E-state index >= 15 is 0 Å². The Hall–Kier alpha value is -2.44. The lowest BCUT2D eigenvalue weighted by atomic mass is 9.72. The number of amides is 1. The van der Waals surface area contributed by atoms with Crippen molar-refractivity contribution in [1.82, 2.24) is 5.43 Å². The number of rotatable bonds is 5. The molecule has 1 aliphatic carbocycles. The van der Waals surface area contributed by atoms with Gasteiger partial charge in [0.05, 0.1) is 4.92 Å². The molecule has 1 N–H and O–H groups in total. The van der Waals surface area contributed by atoms with Crippen molar-refractivity contribution in [2.75, 3.05) is 0 Å². The SMILES string of the molecule is C[C@H](Oc1ccc([N+](=O)[O-])cc1)C(=O)NN=C1CCC(C(C)(C)C)CC1. The molecule has 1 atom stereocenters. The molecule has 1 aliphatic rings. The molecule has 0 bridgehead atoms. The molecule has 1 amide bonds. The summed E-state index contributed by atoms with van der Waals surface area (Å²) in [6.45, 7) is 8.41. The van der Waals surface area contributed by atoms with Gasteiger partial charge in [-0.1, -0.05) is 20.8 Å². The van der Waals surface area contributed by atoms with E-state index in [4.69, 9.17) is 4.74 Å². The van der Waals surface area contributed by atoms with Crippen LogP contribution in [0.25, 0.3) is 0 Å². The Morgan fingerprint density at radius 3 is 2.35 bits per heavy atom. The number of carbonyl (C=O) groups is 1. The fourth-order valence-corrected chi connectivity index (χ4v) is 3.06. The summed E-state index contributed by atoms with van der Waals surface area (Å²) in [5.41, 5.74) is 3.87. The minimum Gasteiger partial charge on any atom is -0.481 e. The van der Waals surface area contributed by atoms with Crippen molar-refractivity contribution in [3.05, 3.63) is 34.4 Å². The number of hydrogen-bond donors (Lipinski definition) is 1. The third-order valence-corrected chi connectivity index (χ3v) is 4.84. The molecule has 7 nitrogen and oxygen atoms in total. The molecule has 26 heavy (non-hydrogen) atoms. The van der Waals surface area contributed by atoms with Crippen molar-refractivity contribution in [2.24, 2.45) is 16.4 Å². The molecule has 0 aromatic heterocycles. The van der Waals surface area contributed by atoms with Crippen LogP contribution in [0.4, 0.5) is 5.69 Å². The van der Waals surface area contributed by atoms with E-state index in [9.17, 15) is 14.9 Å². The first kappa shape index (κ1) is 19.9. The number of nitro groups is 1. The van der Waals surface area contributed by atoms with Crippen LogP contribution in [-0.2, 0) is 4.79 Å². The van der Waals surface area contributed by atoms with Crippen molar-refractivity contribution < 1.29 is 14.5 Å². The molecule has 0 saturated heterocycles. The average Bonchev–Trinajstić information content (AvgIpc) is 2.59. The maximum Gasteiger partial charge on any atom is 0.280 e. The Morgan fingerprint density at radius 1 is 1.27 bits per heavy atom. The molecular weight excluding hydrogens is 334 g/mol. The Bertz CT molecular complexity index is 667. The normalized spacial score (nSPS) is 18.8. The smallest absolute Gasteiger partial charge is 0.280 e. The highest BCUT2D eigenvalue weighted by Gasteiger charge is 2.28. The molecule has 1 aromatic rings. The maximum absolute atomic E-state index is 12.1. The van der Waals surface area contributed by atoms with E-state index in [1.165, 1.54) is 24.3 Å². The summed E-state index contributed by atoms with van der Waals surface area (Å²) in [5.74, 6) is 0.743. The number of non-ortho nitro benzene ring substituents is 1. The number of carbonyl (C=O) groups excluding carboxylic acids is 1. The van der Waals surface area contributed by atoms with Crippen molar-refractivity contribution >= 4 is 17.3 Å². The first-order chi connectivity index (χ1) is 12.2. The van der Waals surface area contributed by atoms with Gasteiger partial charge in [0.1, 0.15) is 5.75 Å². The molecule has 1 saturated carbocycles. The summed E-state index contributed by atoms with van der Waals surface area (Å²) in [4.78, 5) is 22.3. The van der Waals surface area contributed by atoms with E-state index in [2.05, 4.69) is 31.3 Å². The monoisotopic (exact) mass is 361 g/mol. The summed E-state index contributed by atoms with van der Waals surface area (Å²) in [7, 11) is 0. The summed E-state index contributed by atoms with van der Waals surface area (Å²) in [6.07, 6.45) is 3.24. The van der Waals surface area contributed by atoms with Crippen LogP contribution < -0.4 is 10.2 Å². The van der Waals surface area contributed by atoms with E-state index in [0.29, 0.717) is 17.1 Å². The zero-order chi connectivity index (χ0) is 19.3. The minimum absolute atomic E-state index is 0.0216. The zero-order valence-electron chi connectivity index (χ0n) is 15.8. The van der Waals surface area contributed by atoms with Gasteiger partial charge in [0.2, 0.25) is 0 Å². The Labute approximate surface area is 154 Å². The van der Waals surface area contributed by atoms with Crippen LogP contribution in [0.1, 0.15) is 53.4 Å². The summed E-state index contributed by atoms with van der Waals surface area (Å²) >= 11 is 0. The number of hydrogen-bond acceptors (Lipinski definition) is 5. The molecule has 1 fully saturated rings. The summed E-state index contributed by atoms with van der Waals surface area (Å²) in [5, 5.41) is 14.9. The van der Waals surface area contributed by atoms with Gasteiger partial charge < -0.3 is 4.74 Å². The molecule has 0 unspecified atom stereocenters. The van der Waals surface area contributed by atoms with E-state index < -0.39 is 11.0 Å². The molecule has 0 aliphatic heterocycles. The second kappa shape index (κ2) is 8.29. The van der Waals surface area contributed by atoms with Gasteiger partial charge in [0.25, 0.3) is 11.6 Å². The lowest BCUT2D eigenvalue weighted by Crippen LogP contribution is -2.34. The van der Waals surface area contributed by atoms with Crippen LogP contribution in [-0.4, -0.2) is 22.6 Å². The van der Waals surface area contributed by atoms with Crippen LogP contribution in [0.2, 0.25) is 0 Å². The molecule has 0 heterocycles. The molecule has 1 aromatic carbocycles. The second-order valence-corrected chi connectivity index (χ2v) is 7.81. The van der Waals surface area contributed by atoms with Gasteiger partial charge in [-0.15, -0.1) is 0 Å². The molecule has 142 valence electrons. The van der Waals surface area contributed by atoms with Crippen LogP contribution in [0.3, 0.4) is 0 Å². The fourth-order valence-electron chi connectivity index (χ4n) is 3.06. The number of nitrogens with one attached hydrogen (secondary N) is 1. The Balaban J connectivity index is 1.83. The second-order valence-electron chi connectivity index (χ2n) is 7.81. The van der Waals surface area contributed by atoms with Gasteiger partial charge in [0, 0.05) is 17.8 Å². The molecule has 0 spiro atoms. The Morgan fingerprint density at radius 2 is 1.85 bits per heavy atom. The molecule has 0 radical (unpaired) electrons. The lowest BCUT2D eigenvalue weighted by molar-refractivity contribution is -0.384. The number of ether oxygens (including phenoxy) is 1. The number of hydrazone groups is 1. The van der Waals surface area contributed by atoms with E-state index in [1.54, 1.807) is 6.92 Å². The third-order valence-electron chi connectivity index (χ3n) is 4.84. The first-order valence-electron chi connectivity index (χ1n) is 8.93. The minimum atomic E-state index is -0.744. The zero-order valence-corrected chi connectivity index (χ0v) is 15.8. The molecule has 7 heteroatoms. The Kier molecular flexibility index (Phi) is 6.34. The highest BCUT2D eigenvalue weighted by atomic mass is 16.6. The van der Waals surface area contributed by atoms with Gasteiger partial charge in [-0.3, -0.25) is 14.9 Å². The highest BCUT2D eigenvalue weighted by molar-refractivity contribution is 5.87. The third kappa shape index (κ3) is 5.54. The van der Waals surface area contributed by atoms with Crippen LogP contribution in [0, 0.1) is 21.4 Å². The summed E-state index contributed by atoms with van der Waals surface area (Å²) in [6, 6.07) is 5.63. The number of benzene rings is 1. The van der Waals surface area contributed by atoms with Gasteiger partial charge in [-0.25, -0.2) is 5.43 Å². The standard InChI is InChI=1S/C19H27N3O4/c1-13(26-17-11-9-16(10-12-17)22(24)25)18(23)21-20-15-7-5-14(6-8-15)19(2,3)4/h9-14H,5-8H2,1-4H3,(H,21,23)/t13-,14?/m0/s1. The van der Waals surface area contributed by atoms with Crippen LogP contribution in [0.15, 0.2) is 29.4 Å². The number of nitrogens with zero attached hydrogens (tertiary/aromatic N) is 2. The van der Waals surface area contributed by atoms with E-state index in [0.717, 1.165) is 31.4 Å². The average molecular weight is 361 g/mol. The van der Waals surface area contributed by atoms with E-state index in [-0.39, 0.29) is 11.6 Å². The van der Waals surface area contributed by atoms with Gasteiger partial charge >= 0.3 is 0 Å². The summed E-state index contributed by atoms with van der Waals surface area (Å²) < 4.78 is 5.51. The van der Waals surface area contributed by atoms with Crippen molar-refractivity contribution in [2.45, 2.75) is 59.5 Å². The fraction of sp³-hybridized carbons (Fsp3) is 0.579. The van der Waals surface area contributed by atoms with Crippen LogP contribution >= 0.6 is 0 Å². The lowest BCUT2D eigenvalue weighted by Gasteiger charge is -2.34. The number of nitro benzene ring substituents is 1. The topological polar surface area (TPSA) is 93.8 Å². The van der Waals surface area contributed by atoms with Crippen LogP contribution in [0.5, 0.6) is 5.75 Å². The van der Waals surface area contributed by atoms with Crippen molar-refractivity contribution in [1.29, 1.82) is 0 Å². The maximum atomic E-state index is 12.1. The van der Waals surface area contributed by atoms with Gasteiger partial charge in [-0.05, 0) is 56.1 Å². The van der Waals surface area contributed by atoms with Crippen molar-refractivity contribution in [3.63, 3.8) is 0 Å². The van der Waals surface area contributed by atoms with Gasteiger partial charge in [-0.2, -0.15) is 5.10 Å². The van der Waals surface area contributed by atoms with Gasteiger partial charge in [0.15, 0.2) is 6.10 Å². The van der Waals surface area contributed by atoms with E-state index in [1.807, 2.05) is 0 Å². The predicted octanol–water partition coefficient (Wildman–Crippen LogP) is 4.07. The predicted molar refractivity (Wildman–Crippen MR) is 100 cm³/mol. The molecular formula is C19H27N3O4. The quantitative estimate of drug-likeness (QED) is 0.632. The largest absolute Gasteiger partial charge is 0.481 e. The van der Waals surface area contributed by atoms with Crippen molar-refractivity contribution in [3.8, 4) is 5.75 Å². The molecule has 2 rings (SSSR count). The first-order valence-corrected chi connectivity index (χ1v) is 8.93. The highest BCUT2D eigenvalue weighted by Crippen LogP contribution is 2.36.